The third kappa shape index (κ3) is 8.39. The van der Waals surface area contributed by atoms with Gasteiger partial charge in [-0.1, -0.05) is 55.4 Å². The van der Waals surface area contributed by atoms with Crippen molar-refractivity contribution in [2.75, 3.05) is 0 Å². The van der Waals surface area contributed by atoms with Gasteiger partial charge in [-0.05, 0) is 23.7 Å². The van der Waals surface area contributed by atoms with E-state index in [4.69, 9.17) is 5.73 Å². The van der Waals surface area contributed by atoms with Crippen molar-refractivity contribution >= 4 is 23.7 Å². The van der Waals surface area contributed by atoms with Gasteiger partial charge in [0.25, 0.3) is 0 Å². The van der Waals surface area contributed by atoms with Crippen LogP contribution >= 0.6 is 0 Å². The molecule has 9 heteroatoms. The first-order chi connectivity index (χ1) is 13.2. The Morgan fingerprint density at radius 3 is 1.17 bits per heavy atom. The molecule has 0 aromatic heterocycles. The minimum atomic E-state index is -1.14. The Bertz CT molecular complexity index is 589. The lowest BCUT2D eigenvalue weighted by atomic mass is 9.97. The first kappa shape index (κ1) is 26.8. The van der Waals surface area contributed by atoms with Crippen LogP contribution in [0.2, 0.25) is 0 Å². The van der Waals surface area contributed by atoms with E-state index in [0.29, 0.717) is 0 Å². The van der Waals surface area contributed by atoms with E-state index in [2.05, 4.69) is 16.0 Å². The summed E-state index contributed by atoms with van der Waals surface area (Å²) in [4.78, 5) is 49.1. The lowest BCUT2D eigenvalue weighted by Gasteiger charge is -2.29. The number of aliphatic carboxylic acids is 1. The minimum Gasteiger partial charge on any atom is -0.480 e. The van der Waals surface area contributed by atoms with Crippen molar-refractivity contribution in [1.29, 1.82) is 0 Å². The van der Waals surface area contributed by atoms with Crippen LogP contribution in [-0.2, 0) is 19.2 Å². The largest absolute Gasteiger partial charge is 0.480 e. The maximum atomic E-state index is 12.8. The highest BCUT2D eigenvalue weighted by Crippen LogP contribution is 2.09. The van der Waals surface area contributed by atoms with Crippen LogP contribution in [-0.4, -0.2) is 53.0 Å². The number of carboxylic acid groups (broad SMARTS) is 1. The maximum Gasteiger partial charge on any atom is 0.326 e. The highest BCUT2D eigenvalue weighted by molar-refractivity contribution is 5.94. The molecular weight excluding hydrogens is 376 g/mol. The smallest absolute Gasteiger partial charge is 0.326 e. The highest BCUT2D eigenvalue weighted by atomic mass is 16.4. The van der Waals surface area contributed by atoms with Crippen molar-refractivity contribution in [3.63, 3.8) is 0 Å². The van der Waals surface area contributed by atoms with Crippen LogP contribution in [0.5, 0.6) is 0 Å². The monoisotopic (exact) mass is 414 g/mol. The van der Waals surface area contributed by atoms with E-state index >= 15 is 0 Å². The van der Waals surface area contributed by atoms with E-state index in [1.807, 2.05) is 0 Å². The zero-order valence-electron chi connectivity index (χ0n) is 18.8. The fraction of sp³-hybridized carbons (Fsp3) is 0.800. The van der Waals surface area contributed by atoms with Gasteiger partial charge in [0.2, 0.25) is 17.7 Å². The van der Waals surface area contributed by atoms with E-state index in [0.717, 1.165) is 0 Å². The van der Waals surface area contributed by atoms with Crippen LogP contribution in [0.4, 0.5) is 0 Å². The summed E-state index contributed by atoms with van der Waals surface area (Å²) in [7, 11) is 0. The van der Waals surface area contributed by atoms with Crippen molar-refractivity contribution < 1.29 is 24.3 Å². The quantitative estimate of drug-likeness (QED) is 0.332. The van der Waals surface area contributed by atoms with Crippen LogP contribution in [0.15, 0.2) is 0 Å². The zero-order valence-corrected chi connectivity index (χ0v) is 18.8. The maximum absolute atomic E-state index is 12.8. The topological polar surface area (TPSA) is 151 Å². The molecule has 168 valence electrons. The average molecular weight is 415 g/mol. The zero-order chi connectivity index (χ0) is 23.0. The molecule has 0 radical (unpaired) electrons. The van der Waals surface area contributed by atoms with Crippen LogP contribution in [0, 0.1) is 23.7 Å². The number of hydrogen-bond acceptors (Lipinski definition) is 5. The van der Waals surface area contributed by atoms with Gasteiger partial charge in [-0.15, -0.1) is 0 Å². The fourth-order valence-electron chi connectivity index (χ4n) is 2.62. The molecule has 0 aromatic rings. The second-order valence-electron chi connectivity index (χ2n) is 8.80. The number of carbonyl (C=O) groups excluding carboxylic acids is 3. The molecule has 6 N–H and O–H groups in total. The number of rotatable bonds is 11. The molecule has 0 saturated heterocycles. The predicted octanol–water partition coefficient (Wildman–Crippen LogP) is 0.477. The summed E-state index contributed by atoms with van der Waals surface area (Å²) < 4.78 is 0. The molecule has 0 aliphatic carbocycles. The molecule has 0 saturated carbocycles. The molecule has 0 heterocycles. The molecule has 9 nitrogen and oxygen atoms in total. The molecule has 0 bridgehead atoms. The Balaban J connectivity index is 5.37. The summed E-state index contributed by atoms with van der Waals surface area (Å²) in [5, 5.41) is 17.1. The predicted molar refractivity (Wildman–Crippen MR) is 111 cm³/mol. The van der Waals surface area contributed by atoms with E-state index in [1.165, 1.54) is 0 Å². The van der Waals surface area contributed by atoms with E-state index < -0.39 is 47.9 Å². The van der Waals surface area contributed by atoms with E-state index in [1.54, 1.807) is 55.4 Å². The minimum absolute atomic E-state index is 0.0935. The normalized spacial score (nSPS) is 15.8. The van der Waals surface area contributed by atoms with Gasteiger partial charge in [0.15, 0.2) is 0 Å². The SMILES string of the molecule is CC(C)C(N)C(=O)NC(C(=O)NC(C(=O)NC(C(=O)O)C(C)C)C(C)C)C(C)C. The van der Waals surface area contributed by atoms with Gasteiger partial charge in [-0.2, -0.15) is 0 Å². The Kier molecular flexibility index (Phi) is 10.9. The van der Waals surface area contributed by atoms with Gasteiger partial charge in [0, 0.05) is 0 Å². The van der Waals surface area contributed by atoms with Gasteiger partial charge in [-0.25, -0.2) is 4.79 Å². The number of carbonyl (C=O) groups is 4. The van der Waals surface area contributed by atoms with Gasteiger partial charge < -0.3 is 26.8 Å². The number of amides is 3. The van der Waals surface area contributed by atoms with Crippen LogP contribution in [0.25, 0.3) is 0 Å². The average Bonchev–Trinajstić information content (AvgIpc) is 2.59. The second kappa shape index (κ2) is 11.7. The van der Waals surface area contributed by atoms with Crippen molar-refractivity contribution in [3.8, 4) is 0 Å². The first-order valence-electron chi connectivity index (χ1n) is 10.1. The highest BCUT2D eigenvalue weighted by Gasteiger charge is 2.33. The van der Waals surface area contributed by atoms with E-state index in [-0.39, 0.29) is 23.7 Å². The van der Waals surface area contributed by atoms with Crippen molar-refractivity contribution in [2.24, 2.45) is 29.4 Å². The standard InChI is InChI=1S/C20H38N4O5/c1-9(2)13(21)17(25)22-14(10(3)4)18(26)23-15(11(5)6)19(27)24-16(12(7)8)20(28)29/h9-16H,21H2,1-8H3,(H,22,25)(H,23,26)(H,24,27)(H,28,29). The van der Waals surface area contributed by atoms with Crippen LogP contribution in [0.1, 0.15) is 55.4 Å². The number of hydrogen-bond donors (Lipinski definition) is 5. The summed E-state index contributed by atoms with van der Waals surface area (Å²) in [6, 6.07) is -3.64. The molecule has 0 aliphatic rings. The molecule has 0 fully saturated rings. The number of carboxylic acids is 1. The summed E-state index contributed by atoms with van der Waals surface area (Å²) in [5.74, 6) is -3.62. The lowest BCUT2D eigenvalue weighted by Crippen LogP contribution is -2.60. The van der Waals surface area contributed by atoms with Crippen LogP contribution in [0.3, 0.4) is 0 Å². The molecule has 0 spiro atoms. The van der Waals surface area contributed by atoms with Crippen molar-refractivity contribution in [2.45, 2.75) is 79.6 Å². The van der Waals surface area contributed by atoms with Crippen LogP contribution < -0.4 is 21.7 Å². The Morgan fingerprint density at radius 1 is 0.586 bits per heavy atom. The van der Waals surface area contributed by atoms with Gasteiger partial charge in [-0.3, -0.25) is 14.4 Å². The Hall–Kier alpha value is -2.16. The van der Waals surface area contributed by atoms with Gasteiger partial charge >= 0.3 is 5.97 Å². The molecule has 0 aromatic carbocycles. The number of nitrogens with two attached hydrogens (primary N) is 1. The molecule has 0 rings (SSSR count). The molecule has 29 heavy (non-hydrogen) atoms. The summed E-state index contributed by atoms with van der Waals surface area (Å²) in [6.07, 6.45) is 0. The molecule has 3 amide bonds. The lowest BCUT2D eigenvalue weighted by molar-refractivity contribution is -0.144. The summed E-state index contributed by atoms with van der Waals surface area (Å²) >= 11 is 0. The molecular formula is C20H38N4O5. The summed E-state index contributed by atoms with van der Waals surface area (Å²) in [5.41, 5.74) is 5.85. The third-order valence-corrected chi connectivity index (χ3v) is 4.75. The number of nitrogens with one attached hydrogen (secondary N) is 3. The van der Waals surface area contributed by atoms with Crippen molar-refractivity contribution in [1.82, 2.24) is 16.0 Å². The molecule has 4 unspecified atom stereocenters. The van der Waals surface area contributed by atoms with Crippen molar-refractivity contribution in [3.05, 3.63) is 0 Å². The van der Waals surface area contributed by atoms with Gasteiger partial charge in [0.05, 0.1) is 6.04 Å². The summed E-state index contributed by atoms with van der Waals surface area (Å²) in [6.45, 7) is 14.0. The third-order valence-electron chi connectivity index (χ3n) is 4.75. The fourth-order valence-corrected chi connectivity index (χ4v) is 2.62. The Morgan fingerprint density at radius 2 is 0.897 bits per heavy atom. The molecule has 0 aliphatic heterocycles. The first-order valence-corrected chi connectivity index (χ1v) is 10.1. The van der Waals surface area contributed by atoms with Gasteiger partial charge in [0.1, 0.15) is 18.1 Å². The van der Waals surface area contributed by atoms with E-state index in [9.17, 15) is 24.3 Å². The Labute approximate surface area is 173 Å². The second-order valence-corrected chi connectivity index (χ2v) is 8.80. The molecule has 4 atom stereocenters.